The lowest BCUT2D eigenvalue weighted by Crippen LogP contribution is -2.58. The Kier molecular flexibility index (Phi) is 4.23. The largest absolute Gasteiger partial charge is 0.508 e. The third-order valence-electron chi connectivity index (χ3n) is 6.59. The normalized spacial score (nSPS) is 29.9. The summed E-state index contributed by atoms with van der Waals surface area (Å²) in [4.78, 5) is 48.1. The quantitative estimate of drug-likeness (QED) is 0.256. The number of primary amides is 1. The Morgan fingerprint density at radius 1 is 1.26 bits per heavy atom. The van der Waals surface area contributed by atoms with Gasteiger partial charge in [0.2, 0.25) is 5.78 Å². The van der Waals surface area contributed by atoms with E-state index in [0.717, 1.165) is 12.1 Å². The fourth-order valence-electron chi connectivity index (χ4n) is 5.13. The van der Waals surface area contributed by atoms with Gasteiger partial charge in [0.15, 0.2) is 11.4 Å². The van der Waals surface area contributed by atoms with Crippen LogP contribution >= 0.6 is 0 Å². The number of rotatable bonds is 2. The second-order valence-corrected chi connectivity index (χ2v) is 8.05. The van der Waals surface area contributed by atoms with Crippen LogP contribution in [0.25, 0.3) is 5.76 Å². The van der Waals surface area contributed by atoms with Crippen molar-refractivity contribution in [3.8, 4) is 5.75 Å². The lowest BCUT2D eigenvalue weighted by molar-refractivity contribution is -0.385. The Morgan fingerprint density at radius 2 is 1.90 bits per heavy atom. The van der Waals surface area contributed by atoms with E-state index < -0.39 is 75.0 Å². The molecule has 1 aromatic carbocycles. The number of nitro benzene ring substituents is 1. The minimum absolute atomic E-state index is 0.0224. The molecule has 162 valence electrons. The van der Waals surface area contributed by atoms with Crippen LogP contribution < -0.4 is 5.73 Å². The molecular formula is C20H18N2O9. The average molecular weight is 430 g/mol. The van der Waals surface area contributed by atoms with Gasteiger partial charge in [-0.25, -0.2) is 0 Å². The number of nitrogens with two attached hydrogens (primary N) is 1. The van der Waals surface area contributed by atoms with E-state index in [-0.39, 0.29) is 28.8 Å². The average Bonchev–Trinajstić information content (AvgIpc) is 2.67. The van der Waals surface area contributed by atoms with Crippen molar-refractivity contribution in [1.82, 2.24) is 0 Å². The molecule has 4 rings (SSSR count). The molecule has 1 fully saturated rings. The molecule has 1 amide bonds. The van der Waals surface area contributed by atoms with Crippen LogP contribution in [0.2, 0.25) is 0 Å². The van der Waals surface area contributed by atoms with E-state index in [4.69, 9.17) is 5.73 Å². The second-order valence-electron chi connectivity index (χ2n) is 8.05. The third kappa shape index (κ3) is 2.46. The first-order valence-corrected chi connectivity index (χ1v) is 9.40. The van der Waals surface area contributed by atoms with Gasteiger partial charge in [0.05, 0.1) is 10.5 Å². The predicted octanol–water partition coefficient (Wildman–Crippen LogP) is 0.893. The zero-order valence-corrected chi connectivity index (χ0v) is 16.2. The lowest BCUT2D eigenvalue weighted by Gasteiger charge is -2.47. The van der Waals surface area contributed by atoms with Crippen molar-refractivity contribution in [2.75, 3.05) is 0 Å². The molecule has 0 spiro atoms. The monoisotopic (exact) mass is 430 g/mol. The zero-order valence-electron chi connectivity index (χ0n) is 16.2. The van der Waals surface area contributed by atoms with Gasteiger partial charge < -0.3 is 26.2 Å². The van der Waals surface area contributed by atoms with Gasteiger partial charge in [-0.05, 0) is 24.3 Å². The van der Waals surface area contributed by atoms with Crippen LogP contribution in [0.3, 0.4) is 0 Å². The number of ketones is 2. The number of aromatic hydroxyl groups is 1. The SMILES string of the molecule is C[C@H]1c2c([N+](=O)[O-])ccc(O)c2C(O)=C2C(=O)[C@]3(O)C(O)=C(C(N)=O)C(=O)C[C@@H]3CC21. The van der Waals surface area contributed by atoms with Crippen LogP contribution in [0.15, 0.2) is 29.0 Å². The van der Waals surface area contributed by atoms with Crippen molar-refractivity contribution in [2.24, 2.45) is 17.6 Å². The van der Waals surface area contributed by atoms with Gasteiger partial charge in [0.1, 0.15) is 22.8 Å². The number of hydrogen-bond donors (Lipinski definition) is 5. The minimum Gasteiger partial charge on any atom is -0.508 e. The number of nitrogens with zero attached hydrogens (tertiary/aromatic N) is 1. The van der Waals surface area contributed by atoms with E-state index in [9.17, 15) is 44.9 Å². The Labute approximate surface area is 174 Å². The maximum atomic E-state index is 13.4. The molecule has 0 bridgehead atoms. The molecule has 11 heteroatoms. The number of nitro groups is 1. The van der Waals surface area contributed by atoms with Crippen molar-refractivity contribution in [1.29, 1.82) is 0 Å². The van der Waals surface area contributed by atoms with E-state index >= 15 is 0 Å². The van der Waals surface area contributed by atoms with Crippen molar-refractivity contribution in [2.45, 2.75) is 31.3 Å². The molecule has 0 aliphatic heterocycles. The highest BCUT2D eigenvalue weighted by molar-refractivity contribution is 6.22. The standard InChI is InChI=1S/C20H18N2O9/c1-6-8-4-7-5-11(24)15(19(21)28)18(27)20(7,29)17(26)13(8)16(25)14-10(23)3-2-9(12(6)14)22(30)31/h2-3,6-8,23,25,27,29H,4-5H2,1H3,(H2,21,28)/t6-,7+,8?,20+/m1/s1. The summed E-state index contributed by atoms with van der Waals surface area (Å²) in [5, 5.41) is 54.3. The molecule has 1 saturated carbocycles. The molecule has 0 radical (unpaired) electrons. The summed E-state index contributed by atoms with van der Waals surface area (Å²) >= 11 is 0. The van der Waals surface area contributed by atoms with E-state index in [0.29, 0.717) is 0 Å². The van der Waals surface area contributed by atoms with Crippen LogP contribution in [0.5, 0.6) is 5.75 Å². The first-order valence-electron chi connectivity index (χ1n) is 9.40. The Balaban J connectivity index is 2.00. The summed E-state index contributed by atoms with van der Waals surface area (Å²) in [5.74, 6) is -8.48. The molecular weight excluding hydrogens is 412 g/mol. The fraction of sp³-hybridized carbons (Fsp3) is 0.350. The van der Waals surface area contributed by atoms with Crippen LogP contribution in [0.1, 0.15) is 36.8 Å². The Bertz CT molecular complexity index is 1170. The summed E-state index contributed by atoms with van der Waals surface area (Å²) in [6, 6.07) is 2.09. The van der Waals surface area contributed by atoms with Crippen LogP contribution in [-0.2, 0) is 14.4 Å². The molecule has 11 nitrogen and oxygen atoms in total. The first kappa shape index (κ1) is 20.5. The second kappa shape index (κ2) is 6.38. The van der Waals surface area contributed by atoms with Gasteiger partial charge in [0, 0.05) is 29.5 Å². The summed E-state index contributed by atoms with van der Waals surface area (Å²) in [6.07, 6.45) is -0.562. The Hall–Kier alpha value is -3.73. The minimum atomic E-state index is -2.67. The van der Waals surface area contributed by atoms with Crippen LogP contribution in [0.4, 0.5) is 5.69 Å². The number of Topliss-reactive ketones (excluding diaryl/α,β-unsaturated/α-hetero) is 2. The van der Waals surface area contributed by atoms with Crippen molar-refractivity contribution >= 4 is 28.9 Å². The molecule has 3 aliphatic carbocycles. The number of amides is 1. The Morgan fingerprint density at radius 3 is 2.48 bits per heavy atom. The zero-order chi connectivity index (χ0) is 23.0. The summed E-state index contributed by atoms with van der Waals surface area (Å²) in [7, 11) is 0. The lowest BCUT2D eigenvalue weighted by atomic mass is 9.57. The number of carbonyl (C=O) groups excluding carboxylic acids is 3. The van der Waals surface area contributed by atoms with Gasteiger partial charge in [-0.3, -0.25) is 24.5 Å². The maximum Gasteiger partial charge on any atom is 0.273 e. The van der Waals surface area contributed by atoms with Gasteiger partial charge in [-0.2, -0.15) is 0 Å². The third-order valence-corrected chi connectivity index (χ3v) is 6.59. The molecule has 1 unspecified atom stereocenters. The van der Waals surface area contributed by atoms with E-state index in [1.54, 1.807) is 6.92 Å². The number of phenols is 1. The van der Waals surface area contributed by atoms with Gasteiger partial charge >= 0.3 is 0 Å². The van der Waals surface area contributed by atoms with Gasteiger partial charge in [-0.1, -0.05) is 6.92 Å². The van der Waals surface area contributed by atoms with E-state index in [2.05, 4.69) is 0 Å². The predicted molar refractivity (Wildman–Crippen MR) is 103 cm³/mol. The van der Waals surface area contributed by atoms with Crippen molar-refractivity contribution in [3.63, 3.8) is 0 Å². The molecule has 3 aliphatic rings. The number of aliphatic hydroxyl groups excluding tert-OH is 2. The summed E-state index contributed by atoms with van der Waals surface area (Å²) in [6.45, 7) is 1.56. The number of benzene rings is 1. The number of phenolic OH excluding ortho intramolecular Hbond substituents is 1. The topological polar surface area (TPSA) is 201 Å². The fourth-order valence-corrected chi connectivity index (χ4v) is 5.13. The highest BCUT2D eigenvalue weighted by Crippen LogP contribution is 2.56. The number of carbonyl (C=O) groups is 3. The van der Waals surface area contributed by atoms with E-state index in [1.165, 1.54) is 0 Å². The molecule has 1 aromatic rings. The number of fused-ring (bicyclic) bond motifs is 3. The molecule has 4 atom stereocenters. The highest BCUT2D eigenvalue weighted by Gasteiger charge is 2.61. The van der Waals surface area contributed by atoms with Crippen LogP contribution in [-0.4, -0.2) is 48.4 Å². The number of aliphatic hydroxyl groups is 3. The van der Waals surface area contributed by atoms with Gasteiger partial charge in [0.25, 0.3) is 11.6 Å². The molecule has 0 heterocycles. The van der Waals surface area contributed by atoms with E-state index in [1.807, 2.05) is 0 Å². The summed E-state index contributed by atoms with van der Waals surface area (Å²) < 4.78 is 0. The van der Waals surface area contributed by atoms with Crippen LogP contribution in [0, 0.1) is 22.0 Å². The van der Waals surface area contributed by atoms with Crippen molar-refractivity contribution < 1.29 is 39.7 Å². The van der Waals surface area contributed by atoms with Gasteiger partial charge in [-0.15, -0.1) is 0 Å². The number of hydrogen-bond acceptors (Lipinski definition) is 9. The smallest absolute Gasteiger partial charge is 0.273 e. The maximum absolute atomic E-state index is 13.4. The molecule has 31 heavy (non-hydrogen) atoms. The van der Waals surface area contributed by atoms with Crippen molar-refractivity contribution in [3.05, 3.63) is 50.3 Å². The molecule has 0 saturated heterocycles. The highest BCUT2D eigenvalue weighted by atomic mass is 16.6. The first-order chi connectivity index (χ1) is 14.4. The molecule has 0 aromatic heterocycles. The molecule has 6 N–H and O–H groups in total. The summed E-state index contributed by atoms with van der Waals surface area (Å²) in [5.41, 5.74) is 0.569.